The molecule has 0 radical (unpaired) electrons. The second kappa shape index (κ2) is 6.42. The van der Waals surface area contributed by atoms with Gasteiger partial charge in [-0.15, -0.1) is 0 Å². The lowest BCUT2D eigenvalue weighted by Gasteiger charge is -2.27. The topological polar surface area (TPSA) is 85.8 Å². The number of hydrogen-bond donors (Lipinski definition) is 1. The minimum Gasteiger partial charge on any atom is -0.383 e. The van der Waals surface area contributed by atoms with Gasteiger partial charge in [-0.3, -0.25) is 14.6 Å². The number of pyridine rings is 1. The predicted molar refractivity (Wildman–Crippen MR) is 95.8 cm³/mol. The summed E-state index contributed by atoms with van der Waals surface area (Å²) in [6.45, 7) is 4.85. The molecule has 0 aliphatic carbocycles. The molecule has 0 bridgehead atoms. The average molecular weight is 356 g/mol. The Hall–Kier alpha value is -2.51. The maximum Gasteiger partial charge on any atom is 0.131 e. The number of nitrogen functional groups attached to an aromatic ring is 1. The van der Waals surface area contributed by atoms with Gasteiger partial charge in [0.05, 0.1) is 23.0 Å². The molecule has 4 heterocycles. The van der Waals surface area contributed by atoms with Crippen LogP contribution in [-0.2, 0) is 19.6 Å². The quantitative estimate of drug-likeness (QED) is 0.775. The average Bonchev–Trinajstić information content (AvgIpc) is 2.95. The molecular formula is C17H18ClN7. The minimum atomic E-state index is 0.534. The summed E-state index contributed by atoms with van der Waals surface area (Å²) < 4.78 is 1.97. The van der Waals surface area contributed by atoms with Crippen LogP contribution in [0.1, 0.15) is 17.1 Å². The van der Waals surface area contributed by atoms with Crippen LogP contribution in [0.5, 0.6) is 0 Å². The zero-order chi connectivity index (χ0) is 17.4. The Balaban J connectivity index is 1.58. The van der Waals surface area contributed by atoms with Crippen molar-refractivity contribution in [2.75, 3.05) is 12.3 Å². The van der Waals surface area contributed by atoms with Crippen LogP contribution < -0.4 is 5.73 Å². The minimum absolute atomic E-state index is 0.534. The fraction of sp³-hybridized carbons (Fsp3) is 0.294. The van der Waals surface area contributed by atoms with E-state index in [4.69, 9.17) is 17.3 Å². The van der Waals surface area contributed by atoms with Crippen molar-refractivity contribution in [2.24, 2.45) is 0 Å². The molecule has 0 atom stereocenters. The standard InChI is InChI=1S/C17H18ClN7/c1-11-21-8-12(17(19)22-11)9-24-6-7-25-14(10-24)15(18)16(23-25)13-4-2-3-5-20-13/h2-5,8H,6-7,9-10H2,1H3,(H2,19,21,22). The lowest BCUT2D eigenvalue weighted by atomic mass is 10.2. The van der Waals surface area contributed by atoms with Gasteiger partial charge in [-0.05, 0) is 19.1 Å². The van der Waals surface area contributed by atoms with Gasteiger partial charge in [-0.1, -0.05) is 17.7 Å². The predicted octanol–water partition coefficient (Wildman–Crippen LogP) is 2.29. The molecule has 1 aliphatic heterocycles. The third kappa shape index (κ3) is 3.08. The molecule has 0 saturated carbocycles. The van der Waals surface area contributed by atoms with Crippen LogP contribution >= 0.6 is 11.6 Å². The van der Waals surface area contributed by atoms with E-state index in [-0.39, 0.29) is 0 Å². The Labute approximate surface area is 150 Å². The zero-order valence-corrected chi connectivity index (χ0v) is 14.6. The summed E-state index contributed by atoms with van der Waals surface area (Å²) in [7, 11) is 0. The molecule has 3 aromatic heterocycles. The van der Waals surface area contributed by atoms with E-state index in [0.29, 0.717) is 29.8 Å². The van der Waals surface area contributed by atoms with Crippen molar-refractivity contribution in [3.8, 4) is 11.4 Å². The highest BCUT2D eigenvalue weighted by Crippen LogP contribution is 2.31. The van der Waals surface area contributed by atoms with E-state index in [1.165, 1.54) is 0 Å². The maximum atomic E-state index is 6.60. The molecule has 128 valence electrons. The Morgan fingerprint density at radius 1 is 1.24 bits per heavy atom. The van der Waals surface area contributed by atoms with Crippen LogP contribution in [0.15, 0.2) is 30.6 Å². The number of aromatic nitrogens is 5. The highest BCUT2D eigenvalue weighted by Gasteiger charge is 2.24. The Bertz CT molecular complexity index is 907. The lowest BCUT2D eigenvalue weighted by molar-refractivity contribution is 0.205. The van der Waals surface area contributed by atoms with Gasteiger partial charge >= 0.3 is 0 Å². The van der Waals surface area contributed by atoms with Crippen LogP contribution in [-0.4, -0.2) is 36.2 Å². The number of fused-ring (bicyclic) bond motifs is 1. The molecule has 0 aromatic carbocycles. The molecule has 0 unspecified atom stereocenters. The monoisotopic (exact) mass is 355 g/mol. The number of nitrogens with two attached hydrogens (primary N) is 1. The number of nitrogens with zero attached hydrogens (tertiary/aromatic N) is 6. The normalized spacial score (nSPS) is 14.5. The van der Waals surface area contributed by atoms with Gasteiger partial charge in [0.25, 0.3) is 0 Å². The van der Waals surface area contributed by atoms with Crippen LogP contribution in [0.25, 0.3) is 11.4 Å². The Kier molecular flexibility index (Phi) is 4.10. The molecule has 0 saturated heterocycles. The summed E-state index contributed by atoms with van der Waals surface area (Å²) in [5.41, 5.74) is 9.47. The van der Waals surface area contributed by atoms with Crippen LogP contribution in [0.2, 0.25) is 5.02 Å². The number of halogens is 1. The molecule has 0 fully saturated rings. The van der Waals surface area contributed by atoms with Gasteiger partial charge < -0.3 is 5.73 Å². The molecule has 7 nitrogen and oxygen atoms in total. The first-order chi connectivity index (χ1) is 12.1. The first-order valence-corrected chi connectivity index (χ1v) is 8.46. The van der Waals surface area contributed by atoms with Crippen molar-refractivity contribution in [3.05, 3.63) is 52.7 Å². The summed E-state index contributed by atoms with van der Waals surface area (Å²) in [5.74, 6) is 1.22. The van der Waals surface area contributed by atoms with E-state index in [2.05, 4.69) is 25.0 Å². The van der Waals surface area contributed by atoms with Gasteiger partial charge in [-0.2, -0.15) is 5.10 Å². The molecule has 3 aromatic rings. The summed E-state index contributed by atoms with van der Waals surface area (Å²) >= 11 is 6.60. The van der Waals surface area contributed by atoms with Crippen molar-refractivity contribution in [3.63, 3.8) is 0 Å². The van der Waals surface area contributed by atoms with Crippen LogP contribution in [0.4, 0.5) is 5.82 Å². The zero-order valence-electron chi connectivity index (χ0n) is 13.9. The third-order valence-corrected chi connectivity index (χ3v) is 4.71. The number of hydrogen-bond acceptors (Lipinski definition) is 6. The SMILES string of the molecule is Cc1ncc(CN2CCn3nc(-c4ccccn4)c(Cl)c3C2)c(N)n1. The number of aryl methyl sites for hydroxylation is 1. The molecule has 0 amide bonds. The second-order valence-corrected chi connectivity index (χ2v) is 6.46. The summed E-state index contributed by atoms with van der Waals surface area (Å²) in [4.78, 5) is 15.1. The van der Waals surface area contributed by atoms with Gasteiger partial charge in [0.1, 0.15) is 17.3 Å². The summed E-state index contributed by atoms with van der Waals surface area (Å²) in [6, 6.07) is 5.73. The van der Waals surface area contributed by atoms with E-state index in [9.17, 15) is 0 Å². The molecule has 0 spiro atoms. The van der Waals surface area contributed by atoms with E-state index < -0.39 is 0 Å². The van der Waals surface area contributed by atoms with Gasteiger partial charge in [0.2, 0.25) is 0 Å². The van der Waals surface area contributed by atoms with Gasteiger partial charge in [0.15, 0.2) is 0 Å². The van der Waals surface area contributed by atoms with Crippen molar-refractivity contribution in [1.29, 1.82) is 0 Å². The van der Waals surface area contributed by atoms with E-state index in [0.717, 1.165) is 35.7 Å². The number of rotatable bonds is 3. The summed E-state index contributed by atoms with van der Waals surface area (Å²) in [6.07, 6.45) is 3.54. The summed E-state index contributed by atoms with van der Waals surface area (Å²) in [5, 5.41) is 5.30. The van der Waals surface area contributed by atoms with Crippen molar-refractivity contribution in [2.45, 2.75) is 26.6 Å². The van der Waals surface area contributed by atoms with Gasteiger partial charge in [0, 0.05) is 37.6 Å². The van der Waals surface area contributed by atoms with E-state index in [1.807, 2.05) is 29.8 Å². The lowest BCUT2D eigenvalue weighted by Crippen LogP contribution is -2.33. The van der Waals surface area contributed by atoms with Crippen molar-refractivity contribution in [1.82, 2.24) is 29.6 Å². The molecular weight excluding hydrogens is 338 g/mol. The van der Waals surface area contributed by atoms with Crippen LogP contribution in [0.3, 0.4) is 0 Å². The third-order valence-electron chi connectivity index (χ3n) is 4.31. The first-order valence-electron chi connectivity index (χ1n) is 8.09. The largest absolute Gasteiger partial charge is 0.383 e. The molecule has 1 aliphatic rings. The van der Waals surface area contributed by atoms with Crippen molar-refractivity contribution >= 4 is 17.4 Å². The fourth-order valence-electron chi connectivity index (χ4n) is 3.01. The Morgan fingerprint density at radius 3 is 2.88 bits per heavy atom. The fourth-order valence-corrected chi connectivity index (χ4v) is 3.31. The molecule has 25 heavy (non-hydrogen) atoms. The molecule has 2 N–H and O–H groups in total. The smallest absolute Gasteiger partial charge is 0.131 e. The van der Waals surface area contributed by atoms with Gasteiger partial charge in [-0.25, -0.2) is 9.97 Å². The molecule has 8 heteroatoms. The number of anilines is 1. The first kappa shape index (κ1) is 16.0. The highest BCUT2D eigenvalue weighted by molar-refractivity contribution is 6.33. The Morgan fingerprint density at radius 2 is 2.12 bits per heavy atom. The van der Waals surface area contributed by atoms with Crippen molar-refractivity contribution < 1.29 is 0 Å². The maximum absolute atomic E-state index is 6.60. The highest BCUT2D eigenvalue weighted by atomic mass is 35.5. The van der Waals surface area contributed by atoms with Crippen LogP contribution in [0, 0.1) is 6.92 Å². The van der Waals surface area contributed by atoms with E-state index >= 15 is 0 Å². The van der Waals surface area contributed by atoms with E-state index in [1.54, 1.807) is 12.4 Å². The molecule has 4 rings (SSSR count). The second-order valence-electron chi connectivity index (χ2n) is 6.09.